The average Bonchev–Trinajstić information content (AvgIpc) is 2.61. The zero-order valence-corrected chi connectivity index (χ0v) is 22.0. The number of sulfone groups is 1. The molecule has 0 aliphatic rings. The van der Waals surface area contributed by atoms with Crippen LogP contribution in [0.15, 0.2) is 47.9 Å². The Morgan fingerprint density at radius 2 is 1.68 bits per heavy atom. The molecule has 0 saturated carbocycles. The molecule has 8 heteroatoms. The van der Waals surface area contributed by atoms with Crippen LogP contribution in [0.25, 0.3) is 0 Å². The van der Waals surface area contributed by atoms with Crippen LogP contribution < -0.4 is 5.32 Å². The lowest BCUT2D eigenvalue weighted by atomic mass is 10.1. The second-order valence-corrected chi connectivity index (χ2v) is 17.2. The summed E-state index contributed by atoms with van der Waals surface area (Å²) >= 11 is 0. The minimum atomic E-state index is -3.76. The number of benzene rings is 1. The van der Waals surface area contributed by atoms with E-state index in [9.17, 15) is 13.2 Å². The molecule has 1 aromatic carbocycles. The average molecular weight is 470 g/mol. The van der Waals surface area contributed by atoms with Gasteiger partial charge in [0.1, 0.15) is 5.60 Å². The Morgan fingerprint density at radius 3 is 2.13 bits per heavy atom. The predicted octanol–water partition coefficient (Wildman–Crippen LogP) is 5.32. The zero-order chi connectivity index (χ0) is 24.1. The molecule has 31 heavy (non-hydrogen) atoms. The molecule has 6 nitrogen and oxygen atoms in total. The fourth-order valence-electron chi connectivity index (χ4n) is 2.67. The van der Waals surface area contributed by atoms with Gasteiger partial charge in [0, 0.05) is 0 Å². The van der Waals surface area contributed by atoms with Crippen molar-refractivity contribution in [2.75, 3.05) is 6.61 Å². The topological polar surface area (TPSA) is 81.7 Å². The quantitative estimate of drug-likeness (QED) is 0.391. The Bertz CT molecular complexity index is 839. The van der Waals surface area contributed by atoms with Gasteiger partial charge in [0.05, 0.1) is 22.8 Å². The summed E-state index contributed by atoms with van der Waals surface area (Å²) in [6.07, 6.45) is 1.05. The van der Waals surface area contributed by atoms with Gasteiger partial charge >= 0.3 is 6.09 Å². The molecule has 0 radical (unpaired) electrons. The molecule has 176 valence electrons. The summed E-state index contributed by atoms with van der Waals surface area (Å²) in [5, 5.41) is 1.77. The number of alkyl carbamates (subject to hydrolysis) is 1. The maximum absolute atomic E-state index is 13.5. The Morgan fingerprint density at radius 1 is 1.13 bits per heavy atom. The van der Waals surface area contributed by atoms with Gasteiger partial charge in [-0.3, -0.25) is 0 Å². The zero-order valence-electron chi connectivity index (χ0n) is 20.2. The van der Waals surface area contributed by atoms with Gasteiger partial charge in [-0.15, -0.1) is 6.58 Å². The largest absolute Gasteiger partial charge is 0.444 e. The first-order valence-corrected chi connectivity index (χ1v) is 15.0. The molecule has 0 aliphatic heterocycles. The number of nitrogens with one attached hydrogen (secondary N) is 1. The van der Waals surface area contributed by atoms with Crippen LogP contribution in [0, 0.1) is 0 Å². The maximum atomic E-state index is 13.5. The standard InChI is InChI=1S/C23H39NO5SSi/c1-10-14-20(30(26,27)18-15-12-11-13-16-18)19(24-21(25)29-22(2,3)4)17-28-31(8,9)23(5,6)7/h10-13,15-16,19-20H,1,14,17H2,2-9H3,(H,24,25)/t19-,20?/m1/s1. The van der Waals surface area contributed by atoms with E-state index in [1.165, 1.54) is 0 Å². The van der Waals surface area contributed by atoms with Crippen LogP contribution in [0.5, 0.6) is 0 Å². The highest BCUT2D eigenvalue weighted by molar-refractivity contribution is 7.92. The third-order valence-electron chi connectivity index (χ3n) is 5.45. The first-order chi connectivity index (χ1) is 14.0. The van der Waals surface area contributed by atoms with Gasteiger partial charge in [0.25, 0.3) is 0 Å². The number of carbonyl (C=O) groups is 1. The molecule has 0 aromatic heterocycles. The summed E-state index contributed by atoms with van der Waals surface area (Å²) in [6, 6.07) is 7.45. The van der Waals surface area contributed by atoms with Crippen LogP contribution in [0.4, 0.5) is 4.79 Å². The smallest absolute Gasteiger partial charge is 0.407 e. The molecule has 1 N–H and O–H groups in total. The summed E-state index contributed by atoms with van der Waals surface area (Å²) in [5.74, 6) is 0. The summed E-state index contributed by atoms with van der Waals surface area (Å²) in [6.45, 7) is 19.6. The van der Waals surface area contributed by atoms with Crippen LogP contribution >= 0.6 is 0 Å². The molecule has 0 fully saturated rings. The number of ether oxygens (including phenoxy) is 1. The molecule has 1 unspecified atom stereocenters. The highest BCUT2D eigenvalue weighted by Gasteiger charge is 2.41. The highest BCUT2D eigenvalue weighted by atomic mass is 32.2. The van der Waals surface area contributed by atoms with Crippen LogP contribution in [0.2, 0.25) is 18.1 Å². The minimum Gasteiger partial charge on any atom is -0.444 e. The van der Waals surface area contributed by atoms with Gasteiger partial charge in [-0.05, 0) is 57.5 Å². The Hall–Kier alpha value is -1.64. The highest BCUT2D eigenvalue weighted by Crippen LogP contribution is 2.37. The van der Waals surface area contributed by atoms with E-state index in [0.29, 0.717) is 0 Å². The van der Waals surface area contributed by atoms with Crippen molar-refractivity contribution < 1.29 is 22.4 Å². The predicted molar refractivity (Wildman–Crippen MR) is 129 cm³/mol. The normalized spacial score (nSPS) is 15.1. The van der Waals surface area contributed by atoms with Crippen molar-refractivity contribution in [1.29, 1.82) is 0 Å². The van der Waals surface area contributed by atoms with E-state index in [2.05, 4.69) is 45.8 Å². The van der Waals surface area contributed by atoms with Crippen molar-refractivity contribution in [3.8, 4) is 0 Å². The molecule has 0 heterocycles. The van der Waals surface area contributed by atoms with Gasteiger partial charge in [0.2, 0.25) is 0 Å². The lowest BCUT2D eigenvalue weighted by Gasteiger charge is -2.38. The molecule has 0 aliphatic carbocycles. The SMILES string of the molecule is C=CCC([C@@H](CO[Si](C)(C)C(C)(C)C)NC(=O)OC(C)(C)C)S(=O)(=O)c1ccccc1. The summed E-state index contributed by atoms with van der Waals surface area (Å²) in [5.41, 5.74) is -0.707. The Balaban J connectivity index is 3.32. The summed E-state index contributed by atoms with van der Waals surface area (Å²) in [4.78, 5) is 12.8. The Kier molecular flexibility index (Phi) is 9.11. The number of rotatable bonds is 9. The third-order valence-corrected chi connectivity index (χ3v) is 12.2. The first kappa shape index (κ1) is 27.4. The maximum Gasteiger partial charge on any atom is 0.407 e. The molecule has 2 atom stereocenters. The second-order valence-electron chi connectivity index (χ2n) is 10.2. The lowest BCUT2D eigenvalue weighted by Crippen LogP contribution is -2.53. The monoisotopic (exact) mass is 469 g/mol. The van der Waals surface area contributed by atoms with Gasteiger partial charge in [-0.1, -0.05) is 45.0 Å². The number of carbonyl (C=O) groups excluding carboxylic acids is 1. The molecule has 0 bridgehead atoms. The van der Waals surface area contributed by atoms with Crippen LogP contribution in [-0.2, 0) is 19.0 Å². The summed E-state index contributed by atoms with van der Waals surface area (Å²) < 4.78 is 38.6. The van der Waals surface area contributed by atoms with E-state index in [0.717, 1.165) is 0 Å². The van der Waals surface area contributed by atoms with E-state index in [1.807, 2.05) is 0 Å². The molecule has 1 amide bonds. The van der Waals surface area contributed by atoms with E-state index >= 15 is 0 Å². The molecule has 0 saturated heterocycles. The van der Waals surface area contributed by atoms with Crippen molar-refractivity contribution in [2.24, 2.45) is 0 Å². The van der Waals surface area contributed by atoms with E-state index < -0.39 is 41.1 Å². The van der Waals surface area contributed by atoms with Crippen molar-refractivity contribution in [3.05, 3.63) is 43.0 Å². The molecule has 1 rings (SSSR count). The minimum absolute atomic E-state index is 0.0598. The van der Waals surface area contributed by atoms with Crippen molar-refractivity contribution >= 4 is 24.2 Å². The number of hydrogen-bond acceptors (Lipinski definition) is 5. The fourth-order valence-corrected chi connectivity index (χ4v) is 5.56. The molecular formula is C23H39NO5SSi. The Labute approximate surface area is 189 Å². The number of allylic oxidation sites excluding steroid dienone is 1. The van der Waals surface area contributed by atoms with Gasteiger partial charge < -0.3 is 14.5 Å². The molecule has 1 aromatic rings. The van der Waals surface area contributed by atoms with Gasteiger partial charge in [0.15, 0.2) is 18.2 Å². The van der Waals surface area contributed by atoms with Crippen molar-refractivity contribution in [3.63, 3.8) is 0 Å². The fraction of sp³-hybridized carbons (Fsp3) is 0.609. The van der Waals surface area contributed by atoms with E-state index in [-0.39, 0.29) is 23.0 Å². The summed E-state index contributed by atoms with van der Waals surface area (Å²) in [7, 11) is -5.95. The van der Waals surface area contributed by atoms with E-state index in [4.69, 9.17) is 9.16 Å². The van der Waals surface area contributed by atoms with Gasteiger partial charge in [-0.25, -0.2) is 13.2 Å². The number of amides is 1. The van der Waals surface area contributed by atoms with Crippen LogP contribution in [0.3, 0.4) is 0 Å². The van der Waals surface area contributed by atoms with Gasteiger partial charge in [-0.2, -0.15) is 0 Å². The second kappa shape index (κ2) is 10.3. The third kappa shape index (κ3) is 8.09. The lowest BCUT2D eigenvalue weighted by molar-refractivity contribution is 0.0483. The van der Waals surface area contributed by atoms with Crippen molar-refractivity contribution in [1.82, 2.24) is 5.32 Å². The molecular weight excluding hydrogens is 430 g/mol. The van der Waals surface area contributed by atoms with Crippen LogP contribution in [-0.4, -0.2) is 46.3 Å². The molecule has 0 spiro atoms. The first-order valence-electron chi connectivity index (χ1n) is 10.5. The number of hydrogen-bond donors (Lipinski definition) is 1. The van der Waals surface area contributed by atoms with Crippen LogP contribution in [0.1, 0.15) is 48.0 Å². The van der Waals surface area contributed by atoms with Crippen molar-refractivity contribution in [2.45, 2.75) is 87.9 Å². The van der Waals surface area contributed by atoms with E-state index in [1.54, 1.807) is 57.2 Å².